The Hall–Kier alpha value is -2.82. The lowest BCUT2D eigenvalue weighted by molar-refractivity contribution is -0.164. The van der Waals surface area contributed by atoms with Crippen molar-refractivity contribution in [1.29, 1.82) is 0 Å². The maximum Gasteiger partial charge on any atom is 0.330 e. The molecule has 2 fully saturated rings. The second-order valence-electron chi connectivity index (χ2n) is 13.2. The number of ether oxygens (including phenoxy) is 3. The van der Waals surface area contributed by atoms with Crippen molar-refractivity contribution < 1.29 is 28.0 Å². The summed E-state index contributed by atoms with van der Waals surface area (Å²) >= 11 is 1.65. The third-order valence-corrected chi connectivity index (χ3v) is 11.9. The SMILES string of the molecule is C=C(C)CNC1C(=O)N2[C@@H]1SC(C)(C)[C@@H]2C(=O)OCc1ccccc1.CCCCCCCCS(=O)C(C)Cc1ccc2c(c1)OCO2. The Bertz CT molecular complexity index is 1380. The molecule has 3 aliphatic rings. The standard InChI is InChI=1S/C19H24N2O3S.C18H28O3S/c1-12(2)10-20-14-16(22)21-15(19(3,4)25-17(14)21)18(23)24-11-13-8-6-5-7-9-13;1-3-4-5-6-7-8-11-22(19)15(2)12-16-9-10-17-18(13-16)21-14-20-17/h5-9,14-15,17,20H,1,10-11H2,2-4H3;9-10,13,15H,3-8,11-12,14H2,1-2H3/t14?,15-,17+;/m0./s1. The molecule has 47 heavy (non-hydrogen) atoms. The summed E-state index contributed by atoms with van der Waals surface area (Å²) in [6, 6.07) is 14.8. The van der Waals surface area contributed by atoms with Gasteiger partial charge >= 0.3 is 5.97 Å². The Kier molecular flexibility index (Phi) is 13.8. The van der Waals surface area contributed by atoms with Crippen LogP contribution >= 0.6 is 11.8 Å². The van der Waals surface area contributed by atoms with Crippen LogP contribution in [0, 0.1) is 0 Å². The predicted molar refractivity (Wildman–Crippen MR) is 191 cm³/mol. The second kappa shape index (κ2) is 17.5. The van der Waals surface area contributed by atoms with Gasteiger partial charge in [-0.25, -0.2) is 4.79 Å². The van der Waals surface area contributed by atoms with Crippen molar-refractivity contribution in [2.45, 2.75) is 114 Å². The first-order chi connectivity index (χ1) is 22.5. The van der Waals surface area contributed by atoms with E-state index in [4.69, 9.17) is 14.2 Å². The van der Waals surface area contributed by atoms with Crippen molar-refractivity contribution in [3.8, 4) is 11.5 Å². The van der Waals surface area contributed by atoms with Gasteiger partial charge in [0.05, 0.1) is 0 Å². The van der Waals surface area contributed by atoms with E-state index in [-0.39, 0.29) is 39.9 Å². The summed E-state index contributed by atoms with van der Waals surface area (Å²) in [7, 11) is -0.743. The van der Waals surface area contributed by atoms with E-state index in [1.165, 1.54) is 37.7 Å². The molecule has 3 heterocycles. The summed E-state index contributed by atoms with van der Waals surface area (Å²) in [5.41, 5.74) is 3.09. The largest absolute Gasteiger partial charge is 0.459 e. The van der Waals surface area contributed by atoms with Gasteiger partial charge in [-0.3, -0.25) is 14.3 Å². The van der Waals surface area contributed by atoms with E-state index in [9.17, 15) is 13.8 Å². The number of rotatable bonds is 16. The van der Waals surface area contributed by atoms with Crippen molar-refractivity contribution in [2.24, 2.45) is 0 Å². The van der Waals surface area contributed by atoms with Gasteiger partial charge in [-0.05, 0) is 56.9 Å². The van der Waals surface area contributed by atoms with Crippen molar-refractivity contribution in [3.63, 3.8) is 0 Å². The minimum atomic E-state index is -0.743. The average molecular weight is 685 g/mol. The molecule has 10 heteroatoms. The molecule has 1 amide bonds. The number of benzene rings is 2. The summed E-state index contributed by atoms with van der Waals surface area (Å²) in [4.78, 5) is 26.9. The lowest BCUT2D eigenvalue weighted by atomic mass is 9.96. The third kappa shape index (κ3) is 10.1. The van der Waals surface area contributed by atoms with Gasteiger partial charge in [0.15, 0.2) is 11.5 Å². The summed E-state index contributed by atoms with van der Waals surface area (Å²) in [6.45, 7) is 15.2. The molecular weight excluding hydrogens is 633 g/mol. The van der Waals surface area contributed by atoms with E-state index < -0.39 is 16.8 Å². The fourth-order valence-electron chi connectivity index (χ4n) is 5.99. The van der Waals surface area contributed by atoms with Crippen molar-refractivity contribution in [1.82, 2.24) is 10.2 Å². The van der Waals surface area contributed by atoms with Gasteiger partial charge in [0.2, 0.25) is 12.7 Å². The summed E-state index contributed by atoms with van der Waals surface area (Å²) < 4.78 is 28.2. The van der Waals surface area contributed by atoms with Gasteiger partial charge in [0.1, 0.15) is 24.1 Å². The number of amides is 1. The Morgan fingerprint density at radius 1 is 1.09 bits per heavy atom. The van der Waals surface area contributed by atoms with Crippen molar-refractivity contribution >= 4 is 34.4 Å². The minimum absolute atomic E-state index is 0.0314. The third-order valence-electron chi connectivity index (χ3n) is 8.62. The zero-order chi connectivity index (χ0) is 34.0. The number of carbonyl (C=O) groups excluding carboxylic acids is 2. The summed E-state index contributed by atoms with van der Waals surface area (Å²) in [5, 5.41) is 3.39. The monoisotopic (exact) mass is 684 g/mol. The summed E-state index contributed by atoms with van der Waals surface area (Å²) in [6.07, 6.45) is 8.32. The van der Waals surface area contributed by atoms with Crippen LogP contribution in [0.5, 0.6) is 11.5 Å². The van der Waals surface area contributed by atoms with Gasteiger partial charge in [-0.1, -0.05) is 94.5 Å². The van der Waals surface area contributed by atoms with E-state index in [1.54, 1.807) is 16.7 Å². The minimum Gasteiger partial charge on any atom is -0.459 e. The maximum atomic E-state index is 12.7. The van der Waals surface area contributed by atoms with Crippen molar-refractivity contribution in [2.75, 3.05) is 19.1 Å². The Balaban J connectivity index is 0.000000215. The van der Waals surface area contributed by atoms with Crippen molar-refractivity contribution in [3.05, 3.63) is 71.8 Å². The van der Waals surface area contributed by atoms with E-state index >= 15 is 0 Å². The van der Waals surface area contributed by atoms with Crippen LogP contribution in [0.1, 0.15) is 84.3 Å². The molecule has 0 bridgehead atoms. The number of nitrogens with one attached hydrogen (secondary N) is 1. The van der Waals surface area contributed by atoms with E-state index in [1.807, 2.05) is 69.3 Å². The molecule has 2 aromatic rings. The fourth-order valence-corrected chi connectivity index (χ4v) is 8.91. The topological polar surface area (TPSA) is 94.2 Å². The molecular formula is C37H52N2O6S2. The van der Waals surface area contributed by atoms with Crippen LogP contribution in [0.3, 0.4) is 0 Å². The molecule has 5 rings (SSSR count). The number of thioether (sulfide) groups is 1. The Labute approximate surface area is 287 Å². The highest BCUT2D eigenvalue weighted by Gasteiger charge is 2.63. The number of β-lactam (4-membered cyclic amide) rings is 1. The second-order valence-corrected chi connectivity index (χ2v) is 17.0. The van der Waals surface area contributed by atoms with Crippen LogP contribution in [0.2, 0.25) is 0 Å². The van der Waals surface area contributed by atoms with E-state index in [2.05, 4.69) is 25.7 Å². The number of hydrogen-bond acceptors (Lipinski definition) is 8. The molecule has 2 saturated heterocycles. The predicted octanol–water partition coefficient (Wildman–Crippen LogP) is 6.78. The number of fused-ring (bicyclic) bond motifs is 2. The van der Waals surface area contributed by atoms with E-state index in [0.29, 0.717) is 13.3 Å². The van der Waals surface area contributed by atoms with Gasteiger partial charge in [-0.2, -0.15) is 0 Å². The first-order valence-corrected chi connectivity index (χ1v) is 19.1. The highest BCUT2D eigenvalue weighted by Crippen LogP contribution is 2.51. The first-order valence-electron chi connectivity index (χ1n) is 16.9. The zero-order valence-corrected chi connectivity index (χ0v) is 30.3. The zero-order valence-electron chi connectivity index (χ0n) is 28.6. The Morgan fingerprint density at radius 2 is 1.79 bits per heavy atom. The molecule has 0 aliphatic carbocycles. The molecule has 2 aromatic carbocycles. The Morgan fingerprint density at radius 3 is 2.51 bits per heavy atom. The number of hydrogen-bond donors (Lipinski definition) is 1. The quantitative estimate of drug-likeness (QED) is 0.0896. The molecule has 0 saturated carbocycles. The maximum absolute atomic E-state index is 12.7. The average Bonchev–Trinajstić information content (AvgIpc) is 3.61. The number of esters is 1. The normalized spacial score (nSPS) is 21.6. The van der Waals surface area contributed by atoms with Crippen LogP contribution in [-0.2, 0) is 38.2 Å². The van der Waals surface area contributed by atoms with Crippen LogP contribution in [0.4, 0.5) is 0 Å². The van der Waals surface area contributed by atoms with Gasteiger partial charge in [0, 0.05) is 33.1 Å². The number of unbranched alkanes of at least 4 members (excludes halogenated alkanes) is 5. The van der Waals surface area contributed by atoms with Crippen LogP contribution in [0.25, 0.3) is 0 Å². The molecule has 3 aliphatic heterocycles. The molecule has 5 atom stereocenters. The highest BCUT2D eigenvalue weighted by atomic mass is 32.2. The molecule has 8 nitrogen and oxygen atoms in total. The molecule has 0 spiro atoms. The fraction of sp³-hybridized carbons (Fsp3) is 0.568. The van der Waals surface area contributed by atoms with Gasteiger partial charge in [0.25, 0.3) is 0 Å². The lowest BCUT2D eigenvalue weighted by Crippen LogP contribution is -2.70. The molecule has 0 radical (unpaired) electrons. The molecule has 0 aromatic heterocycles. The van der Waals surface area contributed by atoms with E-state index in [0.717, 1.165) is 41.2 Å². The lowest BCUT2D eigenvalue weighted by Gasteiger charge is -2.44. The number of nitrogens with zero attached hydrogens (tertiary/aromatic N) is 1. The van der Waals surface area contributed by atoms with Crippen LogP contribution in [-0.4, -0.2) is 67.5 Å². The molecule has 258 valence electrons. The highest BCUT2D eigenvalue weighted by molar-refractivity contribution is 8.01. The van der Waals surface area contributed by atoms with Gasteiger partial charge in [-0.15, -0.1) is 11.8 Å². The summed E-state index contributed by atoms with van der Waals surface area (Å²) in [5.74, 6) is 2.08. The first kappa shape index (κ1) is 37.0. The van der Waals surface area contributed by atoms with Crippen LogP contribution < -0.4 is 14.8 Å². The number of carbonyl (C=O) groups is 2. The van der Waals surface area contributed by atoms with Gasteiger partial charge < -0.3 is 19.1 Å². The molecule has 1 N–H and O–H groups in total. The molecule has 3 unspecified atom stereocenters. The van der Waals surface area contributed by atoms with Crippen LogP contribution in [0.15, 0.2) is 60.7 Å². The smallest absolute Gasteiger partial charge is 0.330 e.